The summed E-state index contributed by atoms with van der Waals surface area (Å²) in [6.07, 6.45) is 13.3. The van der Waals surface area contributed by atoms with Gasteiger partial charge in [0, 0.05) is 0 Å². The van der Waals surface area contributed by atoms with Crippen LogP contribution in [0.15, 0.2) is 0 Å². The second-order valence-corrected chi connectivity index (χ2v) is 12.8. The first-order valence-corrected chi connectivity index (χ1v) is 13.0. The van der Waals surface area contributed by atoms with Crippen molar-refractivity contribution in [3.05, 3.63) is 0 Å². The van der Waals surface area contributed by atoms with Crippen LogP contribution in [0.3, 0.4) is 0 Å². The maximum atomic E-state index is 11.2. The van der Waals surface area contributed by atoms with E-state index >= 15 is 0 Å². The summed E-state index contributed by atoms with van der Waals surface area (Å²) < 4.78 is 0. The fourth-order valence-electron chi connectivity index (χ4n) is 9.30. The molecule has 0 saturated heterocycles. The van der Waals surface area contributed by atoms with Gasteiger partial charge in [0.15, 0.2) is 0 Å². The SMILES string of the molecule is CC(C)CCCC(C)[C@H]1CCC2C3C[C@@H](O)[C@H]4C[C@@H](O)CC[C@]4(C)C3CC[C@@]21C. The molecule has 4 saturated carbocycles. The fraction of sp³-hybridized carbons (Fsp3) is 1.00. The second-order valence-electron chi connectivity index (χ2n) is 12.8. The number of rotatable bonds is 5. The van der Waals surface area contributed by atoms with Crippen molar-refractivity contribution in [2.75, 3.05) is 0 Å². The van der Waals surface area contributed by atoms with Gasteiger partial charge in [-0.15, -0.1) is 0 Å². The highest BCUT2D eigenvalue weighted by Gasteiger charge is 2.62. The molecule has 0 aliphatic heterocycles. The van der Waals surface area contributed by atoms with Gasteiger partial charge in [0.25, 0.3) is 0 Å². The van der Waals surface area contributed by atoms with Gasteiger partial charge in [0.05, 0.1) is 12.2 Å². The summed E-state index contributed by atoms with van der Waals surface area (Å²) in [5.41, 5.74) is 0.749. The van der Waals surface area contributed by atoms with Gasteiger partial charge in [-0.1, -0.05) is 53.9 Å². The van der Waals surface area contributed by atoms with Crippen molar-refractivity contribution in [3.8, 4) is 0 Å². The van der Waals surface area contributed by atoms with E-state index in [1.165, 1.54) is 44.9 Å². The number of aliphatic hydroxyl groups excluding tert-OH is 2. The molecule has 10 atom stereocenters. The van der Waals surface area contributed by atoms with Crippen molar-refractivity contribution in [3.63, 3.8) is 0 Å². The van der Waals surface area contributed by atoms with Crippen molar-refractivity contribution in [2.45, 2.75) is 117 Å². The molecule has 0 radical (unpaired) electrons. The van der Waals surface area contributed by atoms with E-state index in [1.807, 2.05) is 0 Å². The van der Waals surface area contributed by atoms with Crippen LogP contribution in [0.5, 0.6) is 0 Å². The van der Waals surface area contributed by atoms with Crippen molar-refractivity contribution in [1.82, 2.24) is 0 Å². The average Bonchev–Trinajstić information content (AvgIpc) is 3.00. The topological polar surface area (TPSA) is 40.5 Å². The molecule has 2 N–H and O–H groups in total. The Hall–Kier alpha value is -0.0800. The van der Waals surface area contributed by atoms with E-state index in [-0.39, 0.29) is 17.6 Å². The molecule has 4 unspecified atom stereocenters. The van der Waals surface area contributed by atoms with Crippen LogP contribution in [-0.4, -0.2) is 22.4 Å². The molecule has 0 amide bonds. The van der Waals surface area contributed by atoms with Gasteiger partial charge in [-0.2, -0.15) is 0 Å². The first kappa shape index (κ1) is 22.1. The van der Waals surface area contributed by atoms with Gasteiger partial charge in [0.2, 0.25) is 0 Å². The van der Waals surface area contributed by atoms with E-state index in [0.717, 1.165) is 55.3 Å². The summed E-state index contributed by atoms with van der Waals surface area (Å²) in [6.45, 7) is 12.4. The van der Waals surface area contributed by atoms with E-state index in [9.17, 15) is 10.2 Å². The molecule has 4 rings (SSSR count). The van der Waals surface area contributed by atoms with Crippen LogP contribution in [-0.2, 0) is 0 Å². The molecule has 0 aromatic carbocycles. The molecule has 2 heteroatoms. The number of fused-ring (bicyclic) bond motifs is 5. The van der Waals surface area contributed by atoms with Gasteiger partial charge >= 0.3 is 0 Å². The molecule has 2 nitrogen and oxygen atoms in total. The van der Waals surface area contributed by atoms with E-state index < -0.39 is 0 Å². The third-order valence-corrected chi connectivity index (χ3v) is 10.9. The first-order valence-electron chi connectivity index (χ1n) is 13.0. The van der Waals surface area contributed by atoms with Crippen molar-refractivity contribution < 1.29 is 10.2 Å². The Morgan fingerprint density at radius 3 is 2.21 bits per heavy atom. The lowest BCUT2D eigenvalue weighted by Crippen LogP contribution is -2.58. The van der Waals surface area contributed by atoms with Crippen LogP contribution in [0, 0.1) is 52.3 Å². The molecule has 29 heavy (non-hydrogen) atoms. The molecule has 0 spiro atoms. The van der Waals surface area contributed by atoms with Crippen LogP contribution in [0.25, 0.3) is 0 Å². The average molecular weight is 405 g/mol. The van der Waals surface area contributed by atoms with Crippen LogP contribution in [0.1, 0.15) is 105 Å². The molecule has 0 aromatic heterocycles. The standard InChI is InChI=1S/C27H48O2/c1-17(2)7-6-8-18(3)21-9-10-22-20-16-25(29)24-15-19(28)11-13-27(24,5)23(20)12-14-26(21,22)4/h17-25,28-29H,6-16H2,1-5H3/t18?,19-,20?,21+,22?,23?,24+,25+,26+,27+/m0/s1. The molecule has 0 aromatic rings. The Morgan fingerprint density at radius 2 is 1.48 bits per heavy atom. The van der Waals surface area contributed by atoms with Crippen molar-refractivity contribution >= 4 is 0 Å². The molecule has 0 bridgehead atoms. The monoisotopic (exact) mass is 404 g/mol. The van der Waals surface area contributed by atoms with E-state index in [0.29, 0.717) is 17.3 Å². The zero-order valence-electron chi connectivity index (χ0n) is 19.9. The lowest BCUT2D eigenvalue weighted by atomic mass is 9.44. The normalized spacial score (nSPS) is 50.7. The van der Waals surface area contributed by atoms with E-state index in [1.54, 1.807) is 0 Å². The third-order valence-electron chi connectivity index (χ3n) is 10.9. The fourth-order valence-corrected chi connectivity index (χ4v) is 9.30. The zero-order valence-corrected chi connectivity index (χ0v) is 19.9. The van der Waals surface area contributed by atoms with Crippen LogP contribution < -0.4 is 0 Å². The predicted octanol–water partition coefficient (Wildman–Crippen LogP) is 6.44. The molecule has 168 valence electrons. The van der Waals surface area contributed by atoms with Gasteiger partial charge < -0.3 is 10.2 Å². The summed E-state index contributed by atoms with van der Waals surface area (Å²) >= 11 is 0. The van der Waals surface area contributed by atoms with Crippen LogP contribution >= 0.6 is 0 Å². The molecule has 4 aliphatic carbocycles. The lowest BCUT2D eigenvalue weighted by molar-refractivity contribution is -0.172. The molecule has 4 aliphatic rings. The van der Waals surface area contributed by atoms with Gasteiger partial charge in [-0.05, 0) is 104 Å². The van der Waals surface area contributed by atoms with Gasteiger partial charge in [-0.3, -0.25) is 0 Å². The van der Waals surface area contributed by atoms with Crippen LogP contribution in [0.2, 0.25) is 0 Å². The molecular formula is C27H48O2. The Morgan fingerprint density at radius 1 is 0.793 bits per heavy atom. The predicted molar refractivity (Wildman–Crippen MR) is 120 cm³/mol. The number of hydrogen-bond acceptors (Lipinski definition) is 2. The highest BCUT2D eigenvalue weighted by atomic mass is 16.3. The first-order chi connectivity index (χ1) is 13.7. The van der Waals surface area contributed by atoms with Crippen LogP contribution in [0.4, 0.5) is 0 Å². The molecule has 4 fully saturated rings. The minimum atomic E-state index is -0.193. The highest BCUT2D eigenvalue weighted by molar-refractivity contribution is 5.11. The Kier molecular flexibility index (Phi) is 6.19. The summed E-state index contributed by atoms with van der Waals surface area (Å²) in [7, 11) is 0. The van der Waals surface area contributed by atoms with Gasteiger partial charge in [0.1, 0.15) is 0 Å². The molecule has 0 heterocycles. The number of hydrogen-bond donors (Lipinski definition) is 2. The van der Waals surface area contributed by atoms with E-state index in [4.69, 9.17) is 0 Å². The second kappa shape index (κ2) is 8.12. The van der Waals surface area contributed by atoms with Crippen molar-refractivity contribution in [1.29, 1.82) is 0 Å². The Balaban J connectivity index is 1.50. The quantitative estimate of drug-likeness (QED) is 0.553. The largest absolute Gasteiger partial charge is 0.393 e. The van der Waals surface area contributed by atoms with Crippen molar-refractivity contribution in [2.24, 2.45) is 52.3 Å². The third kappa shape index (κ3) is 3.73. The highest BCUT2D eigenvalue weighted by Crippen LogP contribution is 2.68. The maximum absolute atomic E-state index is 11.2. The summed E-state index contributed by atoms with van der Waals surface area (Å²) in [5.74, 6) is 5.20. The van der Waals surface area contributed by atoms with E-state index in [2.05, 4.69) is 34.6 Å². The minimum Gasteiger partial charge on any atom is -0.393 e. The van der Waals surface area contributed by atoms with Gasteiger partial charge in [-0.25, -0.2) is 0 Å². The number of aliphatic hydroxyl groups is 2. The summed E-state index contributed by atoms with van der Waals surface area (Å²) in [6, 6.07) is 0. The zero-order chi connectivity index (χ0) is 21.0. The maximum Gasteiger partial charge on any atom is 0.0577 e. The smallest absolute Gasteiger partial charge is 0.0577 e. The Labute approximate surface area is 180 Å². The molecular weight excluding hydrogens is 356 g/mol. The summed E-state index contributed by atoms with van der Waals surface area (Å²) in [5, 5.41) is 21.4. The lowest BCUT2D eigenvalue weighted by Gasteiger charge is -2.62. The minimum absolute atomic E-state index is 0.185. The summed E-state index contributed by atoms with van der Waals surface area (Å²) in [4.78, 5) is 0. The Bertz CT molecular complexity index is 573.